The number of thiocarbonyl (C=S) groups is 1. The Bertz CT molecular complexity index is 835. The molecule has 2 aromatic heterocycles. The van der Waals surface area contributed by atoms with E-state index in [1.54, 1.807) is 6.07 Å². The first-order valence-electron chi connectivity index (χ1n) is 6.42. The lowest BCUT2D eigenvalue weighted by Gasteiger charge is -2.10. The van der Waals surface area contributed by atoms with Crippen molar-refractivity contribution in [1.29, 1.82) is 0 Å². The summed E-state index contributed by atoms with van der Waals surface area (Å²) in [5.74, 6) is 0.262. The molecule has 2 N–H and O–H groups in total. The summed E-state index contributed by atoms with van der Waals surface area (Å²) < 4.78 is 15.0. The number of hydrogen-bond acceptors (Lipinski definition) is 3. The second-order valence-corrected chi connectivity index (χ2v) is 5.30. The van der Waals surface area contributed by atoms with Crippen molar-refractivity contribution in [2.75, 3.05) is 5.32 Å². The molecule has 1 aromatic carbocycles. The van der Waals surface area contributed by atoms with Gasteiger partial charge in [0, 0.05) is 11.9 Å². The van der Waals surface area contributed by atoms with Gasteiger partial charge in [0.15, 0.2) is 16.6 Å². The minimum absolute atomic E-state index is 0.0382. The number of hydrogen-bond donors (Lipinski definition) is 2. The number of rotatable bonds is 3. The van der Waals surface area contributed by atoms with Crippen LogP contribution in [0.25, 0.3) is 5.65 Å². The molecule has 3 rings (SSSR count). The van der Waals surface area contributed by atoms with Crippen molar-refractivity contribution < 1.29 is 4.39 Å². The Morgan fingerprint density at radius 1 is 1.27 bits per heavy atom. The quantitative estimate of drug-likeness (QED) is 0.721. The Labute approximate surface area is 136 Å². The summed E-state index contributed by atoms with van der Waals surface area (Å²) in [5, 5.41) is 14.5. The van der Waals surface area contributed by atoms with E-state index in [0.29, 0.717) is 17.3 Å². The predicted molar refractivity (Wildman–Crippen MR) is 87.5 cm³/mol. The van der Waals surface area contributed by atoms with Gasteiger partial charge in [-0.3, -0.25) is 4.40 Å². The van der Waals surface area contributed by atoms with Gasteiger partial charge in [-0.25, -0.2) is 4.39 Å². The van der Waals surface area contributed by atoms with E-state index in [2.05, 4.69) is 20.8 Å². The van der Waals surface area contributed by atoms with Crippen LogP contribution in [0.3, 0.4) is 0 Å². The van der Waals surface area contributed by atoms with Gasteiger partial charge in [0.2, 0.25) is 0 Å². The molecule has 0 aliphatic carbocycles. The number of pyridine rings is 1. The molecule has 3 aromatic rings. The van der Waals surface area contributed by atoms with Crippen LogP contribution in [-0.4, -0.2) is 19.7 Å². The monoisotopic (exact) mass is 335 g/mol. The topological polar surface area (TPSA) is 54.2 Å². The van der Waals surface area contributed by atoms with Crippen LogP contribution in [0.4, 0.5) is 10.1 Å². The van der Waals surface area contributed by atoms with Crippen molar-refractivity contribution in [1.82, 2.24) is 19.9 Å². The predicted octanol–water partition coefficient (Wildman–Crippen LogP) is 3.01. The number of benzene rings is 1. The van der Waals surface area contributed by atoms with Crippen molar-refractivity contribution in [2.45, 2.75) is 6.54 Å². The van der Waals surface area contributed by atoms with Gasteiger partial charge < -0.3 is 10.6 Å². The minimum Gasteiger partial charge on any atom is -0.355 e. The summed E-state index contributed by atoms with van der Waals surface area (Å²) in [7, 11) is 0. The van der Waals surface area contributed by atoms with Crippen LogP contribution in [0.5, 0.6) is 0 Å². The highest BCUT2D eigenvalue weighted by Gasteiger charge is 2.06. The second-order valence-electron chi connectivity index (χ2n) is 4.48. The Balaban J connectivity index is 1.63. The zero-order valence-corrected chi connectivity index (χ0v) is 12.8. The molecule has 0 aliphatic rings. The lowest BCUT2D eigenvalue weighted by atomic mass is 10.3. The van der Waals surface area contributed by atoms with E-state index in [4.69, 9.17) is 23.8 Å². The molecule has 0 atom stereocenters. The Kier molecular flexibility index (Phi) is 4.17. The van der Waals surface area contributed by atoms with E-state index in [1.165, 1.54) is 12.1 Å². The van der Waals surface area contributed by atoms with Crippen molar-refractivity contribution in [3.05, 3.63) is 59.3 Å². The van der Waals surface area contributed by atoms with Crippen LogP contribution in [0.15, 0.2) is 42.6 Å². The molecule has 0 aliphatic heterocycles. The van der Waals surface area contributed by atoms with Crippen LogP contribution in [0.1, 0.15) is 5.82 Å². The highest BCUT2D eigenvalue weighted by molar-refractivity contribution is 7.80. The molecular formula is C14H11ClFN5S. The maximum absolute atomic E-state index is 13.1. The molecule has 0 saturated heterocycles. The van der Waals surface area contributed by atoms with Gasteiger partial charge >= 0.3 is 0 Å². The van der Waals surface area contributed by atoms with E-state index >= 15 is 0 Å². The first-order chi connectivity index (χ1) is 10.6. The number of anilines is 1. The van der Waals surface area contributed by atoms with Crippen molar-refractivity contribution in [3.8, 4) is 0 Å². The second kappa shape index (κ2) is 6.25. The van der Waals surface area contributed by atoms with Crippen LogP contribution < -0.4 is 10.6 Å². The lowest BCUT2D eigenvalue weighted by molar-refractivity contribution is 0.628. The fourth-order valence-electron chi connectivity index (χ4n) is 1.92. The van der Waals surface area contributed by atoms with E-state index < -0.39 is 5.82 Å². The minimum atomic E-state index is -0.471. The van der Waals surface area contributed by atoms with Gasteiger partial charge in [-0.05, 0) is 42.5 Å². The summed E-state index contributed by atoms with van der Waals surface area (Å²) in [6.07, 6.45) is 1.88. The van der Waals surface area contributed by atoms with Crippen LogP contribution >= 0.6 is 23.8 Å². The molecule has 0 fully saturated rings. The Hall–Kier alpha value is -2.25. The third kappa shape index (κ3) is 3.15. The fourth-order valence-corrected chi connectivity index (χ4v) is 2.29. The Morgan fingerprint density at radius 2 is 2.14 bits per heavy atom. The third-order valence-electron chi connectivity index (χ3n) is 2.97. The standard InChI is InChI=1S/C14H11ClFN5S/c15-10-7-9(4-5-11(10)16)18-14(22)17-8-13-20-19-12-3-1-2-6-21(12)13/h1-7H,8H2,(H2,17,18,22). The van der Waals surface area contributed by atoms with Crippen molar-refractivity contribution >= 4 is 40.3 Å². The third-order valence-corrected chi connectivity index (χ3v) is 3.50. The van der Waals surface area contributed by atoms with Crippen LogP contribution in [-0.2, 0) is 6.54 Å². The van der Waals surface area contributed by atoms with Gasteiger partial charge in [0.25, 0.3) is 0 Å². The molecule has 2 heterocycles. The molecular weight excluding hydrogens is 325 g/mol. The van der Waals surface area contributed by atoms with Crippen LogP contribution in [0, 0.1) is 5.82 Å². The smallest absolute Gasteiger partial charge is 0.171 e. The average Bonchev–Trinajstić information content (AvgIpc) is 2.92. The summed E-state index contributed by atoms with van der Waals surface area (Å²) in [4.78, 5) is 0. The largest absolute Gasteiger partial charge is 0.355 e. The lowest BCUT2D eigenvalue weighted by Crippen LogP contribution is -2.28. The fraction of sp³-hybridized carbons (Fsp3) is 0.0714. The summed E-state index contributed by atoms with van der Waals surface area (Å²) in [6.45, 7) is 0.409. The molecule has 0 radical (unpaired) electrons. The molecule has 5 nitrogen and oxygen atoms in total. The first kappa shape index (κ1) is 14.7. The molecule has 22 heavy (non-hydrogen) atoms. The normalized spacial score (nSPS) is 10.6. The van der Waals surface area contributed by atoms with E-state index in [-0.39, 0.29) is 5.02 Å². The molecule has 0 unspecified atom stereocenters. The first-order valence-corrected chi connectivity index (χ1v) is 7.20. The van der Waals surface area contributed by atoms with Gasteiger partial charge in [-0.15, -0.1) is 10.2 Å². The molecule has 0 amide bonds. The zero-order valence-electron chi connectivity index (χ0n) is 11.3. The van der Waals surface area contributed by atoms with Gasteiger partial charge in [0.05, 0.1) is 11.6 Å². The van der Waals surface area contributed by atoms with Gasteiger partial charge in [0.1, 0.15) is 5.82 Å². The summed E-state index contributed by atoms with van der Waals surface area (Å²) in [5.41, 5.74) is 1.37. The van der Waals surface area contributed by atoms with Crippen molar-refractivity contribution in [3.63, 3.8) is 0 Å². The van der Waals surface area contributed by atoms with E-state index in [1.807, 2.05) is 28.8 Å². The van der Waals surface area contributed by atoms with Gasteiger partial charge in [-0.1, -0.05) is 17.7 Å². The van der Waals surface area contributed by atoms with E-state index in [9.17, 15) is 4.39 Å². The number of halogens is 2. The number of nitrogens with one attached hydrogen (secondary N) is 2. The summed E-state index contributed by atoms with van der Waals surface area (Å²) >= 11 is 10.9. The highest BCUT2D eigenvalue weighted by atomic mass is 35.5. The maximum Gasteiger partial charge on any atom is 0.171 e. The van der Waals surface area contributed by atoms with E-state index in [0.717, 1.165) is 11.5 Å². The molecule has 0 spiro atoms. The molecule has 0 saturated carbocycles. The molecule has 0 bridgehead atoms. The average molecular weight is 336 g/mol. The number of fused-ring (bicyclic) bond motifs is 1. The van der Waals surface area contributed by atoms with Crippen LogP contribution in [0.2, 0.25) is 5.02 Å². The number of aromatic nitrogens is 3. The van der Waals surface area contributed by atoms with Crippen molar-refractivity contribution in [2.24, 2.45) is 0 Å². The molecule has 8 heteroatoms. The molecule has 112 valence electrons. The number of nitrogens with zero attached hydrogens (tertiary/aromatic N) is 3. The zero-order chi connectivity index (χ0) is 15.5. The maximum atomic E-state index is 13.1. The summed E-state index contributed by atoms with van der Waals surface area (Å²) in [6, 6.07) is 9.97. The SMILES string of the molecule is Fc1ccc(NC(=S)NCc2nnc3ccccn23)cc1Cl. The highest BCUT2D eigenvalue weighted by Crippen LogP contribution is 2.19. The Morgan fingerprint density at radius 3 is 2.95 bits per heavy atom. The van der Waals surface area contributed by atoms with Gasteiger partial charge in [-0.2, -0.15) is 0 Å².